The third kappa shape index (κ3) is 5.27. The number of para-hydroxylation sites is 1. The molecular weight excluding hydrogens is 444 g/mol. The standard InChI is InChI=1S/C24H23BrN2O3/c1-24(2,3)27(23(29)20-14-7-8-15-21(20)25)26-22(28)17-10-9-13-19(16-17)30-18-11-5-4-6-12-18/h4-16H,1-3H3,(H,26,28). The van der Waals surface area contributed by atoms with Crippen LogP contribution in [0.4, 0.5) is 0 Å². The van der Waals surface area contributed by atoms with Gasteiger partial charge in [-0.1, -0.05) is 36.4 Å². The molecule has 30 heavy (non-hydrogen) atoms. The normalized spacial score (nSPS) is 10.9. The van der Waals surface area contributed by atoms with Crippen molar-refractivity contribution in [3.8, 4) is 11.5 Å². The zero-order chi connectivity index (χ0) is 21.7. The molecule has 0 heterocycles. The van der Waals surface area contributed by atoms with Crippen molar-refractivity contribution < 1.29 is 14.3 Å². The Kier molecular flexibility index (Phi) is 6.57. The monoisotopic (exact) mass is 466 g/mol. The van der Waals surface area contributed by atoms with Gasteiger partial charge >= 0.3 is 0 Å². The number of halogens is 1. The molecule has 0 atom stereocenters. The maximum absolute atomic E-state index is 13.1. The van der Waals surface area contributed by atoms with Gasteiger partial charge in [-0.2, -0.15) is 0 Å². The number of rotatable bonds is 4. The lowest BCUT2D eigenvalue weighted by molar-refractivity contribution is 0.0358. The van der Waals surface area contributed by atoms with Gasteiger partial charge in [-0.25, -0.2) is 5.01 Å². The van der Waals surface area contributed by atoms with E-state index in [1.54, 1.807) is 42.5 Å². The van der Waals surface area contributed by atoms with E-state index in [1.165, 1.54) is 5.01 Å². The molecule has 0 bridgehead atoms. The molecule has 0 saturated heterocycles. The van der Waals surface area contributed by atoms with Crippen molar-refractivity contribution in [2.24, 2.45) is 0 Å². The van der Waals surface area contributed by atoms with Crippen LogP contribution >= 0.6 is 15.9 Å². The summed E-state index contributed by atoms with van der Waals surface area (Å²) >= 11 is 3.41. The summed E-state index contributed by atoms with van der Waals surface area (Å²) in [6, 6.07) is 23.3. The second-order valence-electron chi connectivity index (χ2n) is 7.68. The minimum absolute atomic E-state index is 0.306. The first kappa shape index (κ1) is 21.6. The van der Waals surface area contributed by atoms with Crippen molar-refractivity contribution in [1.82, 2.24) is 10.4 Å². The fourth-order valence-corrected chi connectivity index (χ4v) is 3.22. The molecule has 0 aliphatic carbocycles. The number of benzene rings is 3. The van der Waals surface area contributed by atoms with E-state index < -0.39 is 11.4 Å². The van der Waals surface area contributed by atoms with Crippen LogP contribution in [0.1, 0.15) is 41.5 Å². The lowest BCUT2D eigenvalue weighted by Gasteiger charge is -2.35. The van der Waals surface area contributed by atoms with Crippen LogP contribution in [-0.2, 0) is 0 Å². The van der Waals surface area contributed by atoms with Gasteiger partial charge in [0.1, 0.15) is 11.5 Å². The minimum Gasteiger partial charge on any atom is -0.457 e. The molecular formula is C24H23BrN2O3. The van der Waals surface area contributed by atoms with Gasteiger partial charge in [-0.15, -0.1) is 0 Å². The number of nitrogens with one attached hydrogen (secondary N) is 1. The highest BCUT2D eigenvalue weighted by Crippen LogP contribution is 2.24. The molecule has 0 aliphatic rings. The predicted molar refractivity (Wildman–Crippen MR) is 120 cm³/mol. The van der Waals surface area contributed by atoms with Gasteiger partial charge < -0.3 is 4.74 Å². The Morgan fingerprint density at radius 2 is 1.50 bits per heavy atom. The number of nitrogens with zero attached hydrogens (tertiary/aromatic N) is 1. The largest absolute Gasteiger partial charge is 0.457 e. The quantitative estimate of drug-likeness (QED) is 0.492. The molecule has 5 nitrogen and oxygen atoms in total. The summed E-state index contributed by atoms with van der Waals surface area (Å²) in [7, 11) is 0. The molecule has 1 N–H and O–H groups in total. The third-order valence-electron chi connectivity index (χ3n) is 4.27. The van der Waals surface area contributed by atoms with E-state index in [0.717, 1.165) is 0 Å². The molecule has 0 radical (unpaired) electrons. The molecule has 3 rings (SSSR count). The number of amides is 2. The van der Waals surface area contributed by atoms with E-state index in [2.05, 4.69) is 21.4 Å². The number of carbonyl (C=O) groups excluding carboxylic acids is 2. The van der Waals surface area contributed by atoms with Crippen LogP contribution in [0.2, 0.25) is 0 Å². The van der Waals surface area contributed by atoms with E-state index in [-0.39, 0.29) is 5.91 Å². The minimum atomic E-state index is -0.639. The molecule has 6 heteroatoms. The molecule has 0 aliphatic heterocycles. The zero-order valence-electron chi connectivity index (χ0n) is 17.1. The van der Waals surface area contributed by atoms with Crippen molar-refractivity contribution in [3.05, 3.63) is 94.5 Å². The Hall–Kier alpha value is -3.12. The van der Waals surface area contributed by atoms with Crippen LogP contribution in [0.5, 0.6) is 11.5 Å². The van der Waals surface area contributed by atoms with Crippen LogP contribution in [0.25, 0.3) is 0 Å². The third-order valence-corrected chi connectivity index (χ3v) is 4.96. The molecule has 0 fully saturated rings. The fraction of sp³-hybridized carbons (Fsp3) is 0.167. The van der Waals surface area contributed by atoms with Crippen LogP contribution in [0.3, 0.4) is 0 Å². The topological polar surface area (TPSA) is 58.6 Å². The summed E-state index contributed by atoms with van der Waals surface area (Å²) in [4.78, 5) is 26.1. The van der Waals surface area contributed by atoms with Gasteiger partial charge in [0.05, 0.1) is 11.1 Å². The molecule has 0 aromatic heterocycles. The molecule has 0 saturated carbocycles. The van der Waals surface area contributed by atoms with E-state index in [9.17, 15) is 9.59 Å². The van der Waals surface area contributed by atoms with Gasteiger partial charge in [-0.05, 0) is 79.2 Å². The molecule has 2 amide bonds. The van der Waals surface area contributed by atoms with E-state index >= 15 is 0 Å². The van der Waals surface area contributed by atoms with Crippen molar-refractivity contribution in [2.75, 3.05) is 0 Å². The lowest BCUT2D eigenvalue weighted by Crippen LogP contribution is -2.56. The van der Waals surface area contributed by atoms with Gasteiger partial charge in [0.15, 0.2) is 0 Å². The molecule has 154 valence electrons. The summed E-state index contributed by atoms with van der Waals surface area (Å²) in [5.41, 5.74) is 2.97. The maximum atomic E-state index is 13.1. The second-order valence-corrected chi connectivity index (χ2v) is 8.53. The summed E-state index contributed by atoms with van der Waals surface area (Å²) in [6.45, 7) is 5.57. The van der Waals surface area contributed by atoms with Crippen molar-refractivity contribution in [2.45, 2.75) is 26.3 Å². The van der Waals surface area contributed by atoms with E-state index in [4.69, 9.17) is 4.74 Å². The van der Waals surface area contributed by atoms with Crippen LogP contribution in [0, 0.1) is 0 Å². The number of hydrazine groups is 1. The first-order valence-electron chi connectivity index (χ1n) is 9.49. The average molecular weight is 467 g/mol. The Balaban J connectivity index is 1.82. The van der Waals surface area contributed by atoms with Gasteiger partial charge in [-0.3, -0.25) is 15.0 Å². The van der Waals surface area contributed by atoms with Gasteiger partial charge in [0.2, 0.25) is 0 Å². The van der Waals surface area contributed by atoms with E-state index in [0.29, 0.717) is 27.1 Å². The number of carbonyl (C=O) groups is 2. The molecule has 3 aromatic rings. The lowest BCUT2D eigenvalue weighted by atomic mass is 10.1. The van der Waals surface area contributed by atoms with Crippen LogP contribution < -0.4 is 10.2 Å². The Morgan fingerprint density at radius 1 is 0.867 bits per heavy atom. The number of ether oxygens (including phenoxy) is 1. The fourth-order valence-electron chi connectivity index (χ4n) is 2.77. The van der Waals surface area contributed by atoms with Crippen molar-refractivity contribution in [1.29, 1.82) is 0 Å². The summed E-state index contributed by atoms with van der Waals surface area (Å²) in [5.74, 6) is 0.507. The van der Waals surface area contributed by atoms with Gasteiger partial charge in [0.25, 0.3) is 11.8 Å². The summed E-state index contributed by atoms with van der Waals surface area (Å²) < 4.78 is 6.47. The van der Waals surface area contributed by atoms with E-state index in [1.807, 2.05) is 57.2 Å². The first-order valence-corrected chi connectivity index (χ1v) is 10.3. The summed E-state index contributed by atoms with van der Waals surface area (Å²) in [6.07, 6.45) is 0. The molecule has 0 spiro atoms. The SMILES string of the molecule is CC(C)(C)N(NC(=O)c1cccc(Oc2ccccc2)c1)C(=O)c1ccccc1Br. The van der Waals surface area contributed by atoms with Crippen molar-refractivity contribution >= 4 is 27.7 Å². The predicted octanol–water partition coefficient (Wildman–Crippen LogP) is 5.83. The second kappa shape index (κ2) is 9.13. The zero-order valence-corrected chi connectivity index (χ0v) is 18.6. The molecule has 0 unspecified atom stereocenters. The molecule has 3 aromatic carbocycles. The summed E-state index contributed by atoms with van der Waals surface area (Å²) in [5, 5.41) is 1.35. The Labute approximate surface area is 184 Å². The van der Waals surface area contributed by atoms with Crippen LogP contribution in [0.15, 0.2) is 83.3 Å². The van der Waals surface area contributed by atoms with Crippen molar-refractivity contribution in [3.63, 3.8) is 0 Å². The number of hydrogen-bond donors (Lipinski definition) is 1. The highest BCUT2D eigenvalue weighted by atomic mass is 79.9. The van der Waals surface area contributed by atoms with Crippen LogP contribution in [-0.4, -0.2) is 22.4 Å². The first-order chi connectivity index (χ1) is 14.3. The Morgan fingerprint density at radius 3 is 2.17 bits per heavy atom. The highest BCUT2D eigenvalue weighted by Gasteiger charge is 2.30. The Bertz CT molecular complexity index is 1050. The number of hydrogen-bond acceptors (Lipinski definition) is 3. The smallest absolute Gasteiger partial charge is 0.273 e. The highest BCUT2D eigenvalue weighted by molar-refractivity contribution is 9.10. The average Bonchev–Trinajstić information content (AvgIpc) is 2.72. The maximum Gasteiger partial charge on any atom is 0.273 e. The van der Waals surface area contributed by atoms with Gasteiger partial charge in [0, 0.05) is 10.0 Å².